The molecule has 2 aromatic carbocycles. The molecule has 2 atom stereocenters. The number of carbonyl (C=O) groups is 3. The van der Waals surface area contributed by atoms with Crippen LogP contribution in [0.1, 0.15) is 31.2 Å². The van der Waals surface area contributed by atoms with Crippen molar-refractivity contribution >= 4 is 29.2 Å². The van der Waals surface area contributed by atoms with Gasteiger partial charge in [-0.15, -0.1) is 0 Å². The molecule has 1 fully saturated rings. The van der Waals surface area contributed by atoms with Gasteiger partial charge in [-0.1, -0.05) is 37.1 Å². The molecule has 0 bridgehead atoms. The first-order valence-electron chi connectivity index (χ1n) is 11.1. The zero-order chi connectivity index (χ0) is 22.5. The highest BCUT2D eigenvalue weighted by molar-refractivity contribution is 5.99. The Balaban J connectivity index is 1.36. The summed E-state index contributed by atoms with van der Waals surface area (Å²) >= 11 is 0. The lowest BCUT2D eigenvalue weighted by atomic mass is 9.78. The van der Waals surface area contributed by atoms with Crippen LogP contribution in [-0.2, 0) is 25.5 Å². The van der Waals surface area contributed by atoms with Crippen LogP contribution in [0.25, 0.3) is 0 Å². The molecule has 32 heavy (non-hydrogen) atoms. The maximum absolute atomic E-state index is 13.3. The first kappa shape index (κ1) is 21.9. The van der Waals surface area contributed by atoms with Crippen molar-refractivity contribution in [2.45, 2.75) is 32.1 Å². The number of fused-ring (bicyclic) bond motifs is 1. The first-order valence-corrected chi connectivity index (χ1v) is 11.1. The van der Waals surface area contributed by atoms with Gasteiger partial charge in [0.2, 0.25) is 5.91 Å². The van der Waals surface area contributed by atoms with Crippen LogP contribution >= 0.6 is 0 Å². The molecule has 2 unspecified atom stereocenters. The summed E-state index contributed by atoms with van der Waals surface area (Å²) in [5, 5.41) is 2.69. The first-order chi connectivity index (χ1) is 15.6. The van der Waals surface area contributed by atoms with E-state index in [4.69, 9.17) is 9.47 Å². The van der Waals surface area contributed by atoms with Crippen molar-refractivity contribution in [2.75, 3.05) is 30.5 Å². The number of nitrogens with one attached hydrogen (secondary N) is 1. The second kappa shape index (κ2) is 9.85. The van der Waals surface area contributed by atoms with Crippen molar-refractivity contribution in [3.05, 3.63) is 54.1 Å². The fourth-order valence-corrected chi connectivity index (χ4v) is 4.62. The molecule has 0 aromatic heterocycles. The summed E-state index contributed by atoms with van der Waals surface area (Å²) in [6.45, 7) is 0.249. The highest BCUT2D eigenvalue weighted by Crippen LogP contribution is 2.36. The van der Waals surface area contributed by atoms with Crippen molar-refractivity contribution in [3.63, 3.8) is 0 Å². The summed E-state index contributed by atoms with van der Waals surface area (Å²) in [6.07, 6.45) is 3.87. The second-order valence-corrected chi connectivity index (χ2v) is 8.25. The van der Waals surface area contributed by atoms with Crippen LogP contribution in [0.15, 0.2) is 48.5 Å². The van der Waals surface area contributed by atoms with Gasteiger partial charge in [0, 0.05) is 24.0 Å². The number of para-hydroxylation sites is 1. The fraction of sp³-hybridized carbons (Fsp3) is 0.400. The van der Waals surface area contributed by atoms with Crippen molar-refractivity contribution < 1.29 is 23.9 Å². The maximum Gasteiger partial charge on any atom is 0.310 e. The molecule has 0 saturated heterocycles. The quantitative estimate of drug-likeness (QED) is 0.700. The summed E-state index contributed by atoms with van der Waals surface area (Å²) in [4.78, 5) is 40.2. The van der Waals surface area contributed by atoms with E-state index in [0.29, 0.717) is 30.8 Å². The molecule has 0 spiro atoms. The van der Waals surface area contributed by atoms with Crippen LogP contribution in [0.5, 0.6) is 5.75 Å². The van der Waals surface area contributed by atoms with Gasteiger partial charge in [0.25, 0.3) is 5.91 Å². The number of rotatable bonds is 6. The van der Waals surface area contributed by atoms with Crippen LogP contribution in [0.4, 0.5) is 11.4 Å². The van der Waals surface area contributed by atoms with Crippen LogP contribution in [0.2, 0.25) is 0 Å². The summed E-state index contributed by atoms with van der Waals surface area (Å²) in [5.74, 6) is -1.24. The van der Waals surface area contributed by atoms with Gasteiger partial charge in [-0.05, 0) is 43.0 Å². The van der Waals surface area contributed by atoms with E-state index >= 15 is 0 Å². The molecule has 0 radical (unpaired) electrons. The Morgan fingerprint density at radius 1 is 1.03 bits per heavy atom. The van der Waals surface area contributed by atoms with Crippen molar-refractivity contribution in [1.82, 2.24) is 0 Å². The Morgan fingerprint density at radius 3 is 2.62 bits per heavy atom. The Bertz CT molecular complexity index is 1010. The number of hydrogen-bond donors (Lipinski definition) is 1. The van der Waals surface area contributed by atoms with E-state index in [9.17, 15) is 14.4 Å². The molecule has 7 nitrogen and oxygen atoms in total. The third-order valence-corrected chi connectivity index (χ3v) is 6.24. The van der Waals surface area contributed by atoms with Gasteiger partial charge in [0.1, 0.15) is 5.75 Å². The Morgan fingerprint density at radius 2 is 1.81 bits per heavy atom. The van der Waals surface area contributed by atoms with Gasteiger partial charge >= 0.3 is 5.97 Å². The summed E-state index contributed by atoms with van der Waals surface area (Å²) in [7, 11) is 1.55. The smallest absolute Gasteiger partial charge is 0.310 e. The average molecular weight is 437 g/mol. The Kier molecular flexibility index (Phi) is 6.73. The van der Waals surface area contributed by atoms with E-state index in [1.54, 1.807) is 36.3 Å². The second-order valence-electron chi connectivity index (χ2n) is 8.25. The molecule has 1 saturated carbocycles. The minimum atomic E-state index is -0.520. The number of nitrogens with zero attached hydrogens (tertiary/aromatic N) is 1. The highest BCUT2D eigenvalue weighted by Gasteiger charge is 2.40. The van der Waals surface area contributed by atoms with E-state index in [-0.39, 0.29) is 12.5 Å². The normalized spacial score (nSPS) is 19.7. The monoisotopic (exact) mass is 436 g/mol. The molecule has 1 heterocycles. The number of anilines is 2. The molecular weight excluding hydrogens is 408 g/mol. The number of hydrogen-bond acceptors (Lipinski definition) is 5. The molecule has 2 aromatic rings. The van der Waals surface area contributed by atoms with Gasteiger partial charge in [-0.25, -0.2) is 0 Å². The molecule has 2 amide bonds. The minimum Gasteiger partial charge on any atom is -0.497 e. The van der Waals surface area contributed by atoms with Crippen LogP contribution in [0, 0.1) is 11.8 Å². The molecular formula is C25H28N2O5. The van der Waals surface area contributed by atoms with Crippen LogP contribution in [-0.4, -0.2) is 38.0 Å². The van der Waals surface area contributed by atoms with Crippen molar-refractivity contribution in [2.24, 2.45) is 11.8 Å². The minimum absolute atomic E-state index is 0.0163. The molecule has 2 aliphatic rings. The van der Waals surface area contributed by atoms with Gasteiger partial charge in [-0.2, -0.15) is 0 Å². The summed E-state index contributed by atoms with van der Waals surface area (Å²) in [6, 6.07) is 14.8. The van der Waals surface area contributed by atoms with E-state index < -0.39 is 23.7 Å². The zero-order valence-electron chi connectivity index (χ0n) is 18.2. The zero-order valence-corrected chi connectivity index (χ0v) is 18.2. The number of benzene rings is 2. The molecule has 7 heteroatoms. The topological polar surface area (TPSA) is 84.9 Å². The van der Waals surface area contributed by atoms with Crippen molar-refractivity contribution in [3.8, 4) is 5.75 Å². The summed E-state index contributed by atoms with van der Waals surface area (Å²) in [5.41, 5.74) is 2.65. The lowest BCUT2D eigenvalue weighted by Gasteiger charge is -2.32. The average Bonchev–Trinajstić information content (AvgIpc) is 3.26. The third kappa shape index (κ3) is 4.77. The number of esters is 1. The molecule has 1 aliphatic carbocycles. The van der Waals surface area contributed by atoms with Crippen molar-refractivity contribution in [1.29, 1.82) is 0 Å². The molecule has 168 valence electrons. The van der Waals surface area contributed by atoms with Gasteiger partial charge in [0.15, 0.2) is 6.61 Å². The van der Waals surface area contributed by atoms with Gasteiger partial charge < -0.3 is 19.7 Å². The van der Waals surface area contributed by atoms with Crippen LogP contribution < -0.4 is 15.0 Å². The SMILES string of the molecule is COc1cccc(NC(=O)COC(=O)C2CCCCC2C(=O)N2CCc3ccccc32)c1. The largest absolute Gasteiger partial charge is 0.497 e. The van der Waals surface area contributed by atoms with E-state index in [2.05, 4.69) is 5.32 Å². The highest BCUT2D eigenvalue weighted by atomic mass is 16.5. The predicted octanol–water partition coefficient (Wildman–Crippen LogP) is 3.57. The maximum atomic E-state index is 13.3. The third-order valence-electron chi connectivity index (χ3n) is 6.24. The number of methoxy groups -OCH3 is 1. The molecule has 1 N–H and O–H groups in total. The van der Waals surface area contributed by atoms with Crippen LogP contribution in [0.3, 0.4) is 0 Å². The Hall–Kier alpha value is -3.35. The summed E-state index contributed by atoms with van der Waals surface area (Å²) < 4.78 is 10.5. The predicted molar refractivity (Wildman–Crippen MR) is 121 cm³/mol. The lowest BCUT2D eigenvalue weighted by Crippen LogP contribution is -2.42. The fourth-order valence-electron chi connectivity index (χ4n) is 4.62. The van der Waals surface area contributed by atoms with Gasteiger partial charge in [0.05, 0.1) is 18.9 Å². The number of amides is 2. The van der Waals surface area contributed by atoms with E-state index in [1.807, 2.05) is 24.3 Å². The number of carbonyl (C=O) groups excluding carboxylic acids is 3. The standard InChI is InChI=1S/C25H28N2O5/c1-31-19-9-6-8-18(15-19)26-23(28)16-32-25(30)21-11-4-3-10-20(21)24(29)27-14-13-17-7-2-5-12-22(17)27/h2,5-9,12,15,20-21H,3-4,10-11,13-14,16H2,1H3,(H,26,28). The molecule has 1 aliphatic heterocycles. The molecule has 4 rings (SSSR count). The van der Waals surface area contributed by atoms with Gasteiger partial charge in [-0.3, -0.25) is 14.4 Å². The lowest BCUT2D eigenvalue weighted by molar-refractivity contribution is -0.156. The van der Waals surface area contributed by atoms with E-state index in [0.717, 1.165) is 30.5 Å². The number of ether oxygens (including phenoxy) is 2. The Labute approximate surface area is 187 Å². The van der Waals surface area contributed by atoms with E-state index in [1.165, 1.54) is 0 Å².